The van der Waals surface area contributed by atoms with Crippen LogP contribution in [0.3, 0.4) is 0 Å². The van der Waals surface area contributed by atoms with E-state index < -0.39 is 0 Å². The molecule has 0 unspecified atom stereocenters. The van der Waals surface area contributed by atoms with Crippen molar-refractivity contribution in [1.82, 2.24) is 5.06 Å². The maximum absolute atomic E-state index is 11.5. The van der Waals surface area contributed by atoms with Crippen molar-refractivity contribution in [2.75, 3.05) is 20.8 Å². The Hall–Kier alpha value is -2.07. The van der Waals surface area contributed by atoms with E-state index in [-0.39, 0.29) is 12.5 Å². The van der Waals surface area contributed by atoms with Crippen LogP contribution in [0.15, 0.2) is 42.5 Å². The third-order valence-corrected chi connectivity index (χ3v) is 2.71. The van der Waals surface area contributed by atoms with Gasteiger partial charge in [-0.2, -0.15) is 0 Å². The van der Waals surface area contributed by atoms with Gasteiger partial charge >= 0.3 is 0 Å². The molecule has 0 heterocycles. The molecule has 2 aromatic rings. The van der Waals surface area contributed by atoms with Crippen molar-refractivity contribution in [3.8, 4) is 5.75 Å². The molecule has 0 saturated carbocycles. The Bertz CT molecular complexity index is 553. The number of carbonyl (C=O) groups is 1. The van der Waals surface area contributed by atoms with Crippen LogP contribution in [-0.4, -0.2) is 31.7 Å². The molecule has 0 spiro atoms. The smallest absolute Gasteiger partial charge is 0.283 e. The van der Waals surface area contributed by atoms with Gasteiger partial charge in [-0.25, -0.2) is 5.06 Å². The molecule has 0 bridgehead atoms. The monoisotopic (exact) mass is 245 g/mol. The van der Waals surface area contributed by atoms with Crippen molar-refractivity contribution in [2.24, 2.45) is 0 Å². The zero-order valence-corrected chi connectivity index (χ0v) is 10.4. The second-order valence-electron chi connectivity index (χ2n) is 3.87. The van der Waals surface area contributed by atoms with Gasteiger partial charge in [0.1, 0.15) is 5.75 Å². The lowest BCUT2D eigenvalue weighted by molar-refractivity contribution is -0.170. The third-order valence-electron chi connectivity index (χ3n) is 2.71. The molecule has 0 atom stereocenters. The summed E-state index contributed by atoms with van der Waals surface area (Å²) in [5, 5.41) is 3.37. The zero-order chi connectivity index (χ0) is 13.0. The van der Waals surface area contributed by atoms with Gasteiger partial charge in [0.15, 0.2) is 6.61 Å². The average Bonchev–Trinajstić information content (AvgIpc) is 2.43. The van der Waals surface area contributed by atoms with Gasteiger partial charge < -0.3 is 4.74 Å². The van der Waals surface area contributed by atoms with E-state index >= 15 is 0 Å². The van der Waals surface area contributed by atoms with Crippen LogP contribution in [0.1, 0.15) is 0 Å². The number of hydrogen-bond acceptors (Lipinski definition) is 3. The van der Waals surface area contributed by atoms with Crippen molar-refractivity contribution in [3.63, 3.8) is 0 Å². The molecule has 2 rings (SSSR count). The van der Waals surface area contributed by atoms with Gasteiger partial charge in [0, 0.05) is 7.05 Å². The lowest BCUT2D eigenvalue weighted by Gasteiger charge is -2.14. The highest BCUT2D eigenvalue weighted by atomic mass is 16.7. The molecule has 0 aliphatic rings. The fourth-order valence-corrected chi connectivity index (χ4v) is 1.59. The topological polar surface area (TPSA) is 38.8 Å². The number of likely N-dealkylation sites (N-methyl/N-ethyl adjacent to an activating group) is 1. The molecule has 0 fully saturated rings. The first-order chi connectivity index (χ1) is 8.70. The summed E-state index contributed by atoms with van der Waals surface area (Å²) in [6, 6.07) is 13.7. The van der Waals surface area contributed by atoms with E-state index in [4.69, 9.17) is 9.57 Å². The molecule has 2 aromatic carbocycles. The summed E-state index contributed by atoms with van der Waals surface area (Å²) in [5.74, 6) is 0.442. The first-order valence-corrected chi connectivity index (χ1v) is 5.63. The molecule has 4 nitrogen and oxygen atoms in total. The van der Waals surface area contributed by atoms with E-state index in [0.717, 1.165) is 15.8 Å². The molecule has 0 aliphatic carbocycles. The van der Waals surface area contributed by atoms with Crippen LogP contribution in [-0.2, 0) is 9.63 Å². The van der Waals surface area contributed by atoms with E-state index in [1.54, 1.807) is 7.05 Å². The summed E-state index contributed by atoms with van der Waals surface area (Å²) < 4.78 is 5.43. The molecular weight excluding hydrogens is 230 g/mol. The summed E-state index contributed by atoms with van der Waals surface area (Å²) in [4.78, 5) is 16.3. The standard InChI is InChI=1S/C14H15NO3/c1-15(17-2)14(16)10-18-13-8-7-11-5-3-4-6-12(11)9-13/h3-9H,10H2,1-2H3. The minimum Gasteiger partial charge on any atom is -0.484 e. The summed E-state index contributed by atoms with van der Waals surface area (Å²) >= 11 is 0. The molecule has 1 amide bonds. The molecule has 94 valence electrons. The Morgan fingerprint density at radius 2 is 1.89 bits per heavy atom. The summed E-state index contributed by atoms with van der Waals surface area (Å²) in [5.41, 5.74) is 0. The number of benzene rings is 2. The minimum atomic E-state index is -0.231. The Balaban J connectivity index is 2.06. The van der Waals surface area contributed by atoms with Crippen LogP contribution in [0.4, 0.5) is 0 Å². The largest absolute Gasteiger partial charge is 0.484 e. The maximum atomic E-state index is 11.5. The summed E-state index contributed by atoms with van der Waals surface area (Å²) in [6.07, 6.45) is 0. The quantitative estimate of drug-likeness (QED) is 0.775. The third kappa shape index (κ3) is 2.78. The van der Waals surface area contributed by atoms with E-state index in [9.17, 15) is 4.79 Å². The van der Waals surface area contributed by atoms with Crippen LogP contribution in [0.2, 0.25) is 0 Å². The Kier molecular flexibility index (Phi) is 3.79. The van der Waals surface area contributed by atoms with Gasteiger partial charge in [-0.3, -0.25) is 9.63 Å². The van der Waals surface area contributed by atoms with Crippen LogP contribution < -0.4 is 4.74 Å². The van der Waals surface area contributed by atoms with E-state index in [1.165, 1.54) is 7.11 Å². The van der Waals surface area contributed by atoms with Gasteiger partial charge in [0.2, 0.25) is 0 Å². The number of hydrogen-bond donors (Lipinski definition) is 0. The highest BCUT2D eigenvalue weighted by Crippen LogP contribution is 2.20. The second-order valence-corrected chi connectivity index (χ2v) is 3.87. The minimum absolute atomic E-state index is 0.0390. The Morgan fingerprint density at radius 3 is 2.61 bits per heavy atom. The van der Waals surface area contributed by atoms with E-state index in [0.29, 0.717) is 5.75 Å². The van der Waals surface area contributed by atoms with Gasteiger partial charge in [0.05, 0.1) is 7.11 Å². The van der Waals surface area contributed by atoms with E-state index in [1.807, 2.05) is 42.5 Å². The lowest BCUT2D eigenvalue weighted by atomic mass is 10.1. The highest BCUT2D eigenvalue weighted by molar-refractivity contribution is 5.84. The molecule has 0 saturated heterocycles. The van der Waals surface area contributed by atoms with Crippen molar-refractivity contribution in [1.29, 1.82) is 0 Å². The summed E-state index contributed by atoms with van der Waals surface area (Å²) in [7, 11) is 2.99. The number of carbonyl (C=O) groups excluding carboxylic acids is 1. The Morgan fingerprint density at radius 1 is 1.17 bits per heavy atom. The van der Waals surface area contributed by atoms with Gasteiger partial charge in [-0.1, -0.05) is 30.3 Å². The van der Waals surface area contributed by atoms with Crippen LogP contribution in [0.5, 0.6) is 5.75 Å². The SMILES string of the molecule is CON(C)C(=O)COc1ccc2ccccc2c1. The van der Waals surface area contributed by atoms with Gasteiger partial charge in [0.25, 0.3) is 5.91 Å². The van der Waals surface area contributed by atoms with Crippen molar-refractivity contribution >= 4 is 16.7 Å². The molecule has 0 aliphatic heterocycles. The fourth-order valence-electron chi connectivity index (χ4n) is 1.59. The van der Waals surface area contributed by atoms with Crippen LogP contribution in [0, 0.1) is 0 Å². The molecule has 0 aromatic heterocycles. The number of ether oxygens (including phenoxy) is 1. The average molecular weight is 245 g/mol. The predicted molar refractivity (Wildman–Crippen MR) is 69.2 cm³/mol. The van der Waals surface area contributed by atoms with Gasteiger partial charge in [-0.15, -0.1) is 0 Å². The predicted octanol–water partition coefficient (Wildman–Crippen LogP) is 2.24. The van der Waals surface area contributed by atoms with Crippen LogP contribution in [0.25, 0.3) is 10.8 Å². The molecule has 0 radical (unpaired) electrons. The summed E-state index contributed by atoms with van der Waals surface area (Å²) in [6.45, 7) is -0.0390. The number of rotatable bonds is 4. The molecular formula is C14H15NO3. The van der Waals surface area contributed by atoms with E-state index in [2.05, 4.69) is 0 Å². The normalized spacial score (nSPS) is 10.3. The number of amides is 1. The fraction of sp³-hybridized carbons (Fsp3) is 0.214. The lowest BCUT2D eigenvalue weighted by Crippen LogP contribution is -2.30. The highest BCUT2D eigenvalue weighted by Gasteiger charge is 2.08. The Labute approximate surface area is 106 Å². The molecule has 18 heavy (non-hydrogen) atoms. The zero-order valence-electron chi connectivity index (χ0n) is 10.4. The first kappa shape index (κ1) is 12.4. The van der Waals surface area contributed by atoms with Crippen LogP contribution >= 0.6 is 0 Å². The molecule has 4 heteroatoms. The van der Waals surface area contributed by atoms with Crippen molar-refractivity contribution in [2.45, 2.75) is 0 Å². The number of hydroxylamine groups is 2. The maximum Gasteiger partial charge on any atom is 0.283 e. The second kappa shape index (κ2) is 5.51. The van der Waals surface area contributed by atoms with Gasteiger partial charge in [-0.05, 0) is 22.9 Å². The van der Waals surface area contributed by atoms with Crippen molar-refractivity contribution in [3.05, 3.63) is 42.5 Å². The first-order valence-electron chi connectivity index (χ1n) is 5.63. The van der Waals surface area contributed by atoms with Crippen molar-refractivity contribution < 1.29 is 14.4 Å². The molecule has 0 N–H and O–H groups in total. The number of fused-ring (bicyclic) bond motifs is 1. The number of nitrogens with zero attached hydrogens (tertiary/aromatic N) is 1.